The number of fused-ring (bicyclic) bond motifs is 1. The van der Waals surface area contributed by atoms with Crippen LogP contribution in [0.5, 0.6) is 0 Å². The van der Waals surface area contributed by atoms with Crippen molar-refractivity contribution in [3.63, 3.8) is 0 Å². The Hall–Kier alpha value is -2.82. The van der Waals surface area contributed by atoms with Crippen LogP contribution < -0.4 is 5.32 Å². The summed E-state index contributed by atoms with van der Waals surface area (Å²) in [5.41, 5.74) is 4.73. The van der Waals surface area contributed by atoms with Crippen LogP contribution in [0.15, 0.2) is 59.9 Å². The molecule has 1 aliphatic rings. The number of aliphatic imine (C=N–C) groups is 1. The molecule has 27 heavy (non-hydrogen) atoms. The lowest BCUT2D eigenvalue weighted by molar-refractivity contribution is 0.493. The van der Waals surface area contributed by atoms with Gasteiger partial charge in [0.2, 0.25) is 0 Å². The van der Waals surface area contributed by atoms with Gasteiger partial charge in [-0.2, -0.15) is 0 Å². The highest BCUT2D eigenvalue weighted by atomic mass is 15.3. The largest absolute Gasteiger partial charge is 0.357 e. The first-order valence-electron chi connectivity index (χ1n) is 9.84. The Morgan fingerprint density at radius 1 is 1.04 bits per heavy atom. The fraction of sp³-hybridized carbons (Fsp3) is 0.364. The summed E-state index contributed by atoms with van der Waals surface area (Å²) in [6, 6.07) is 17.0. The van der Waals surface area contributed by atoms with Gasteiger partial charge in [-0.15, -0.1) is 0 Å². The number of rotatable bonds is 5. The molecule has 1 aromatic heterocycles. The van der Waals surface area contributed by atoms with Crippen molar-refractivity contribution in [1.82, 2.24) is 19.8 Å². The van der Waals surface area contributed by atoms with Crippen LogP contribution >= 0.6 is 0 Å². The molecule has 4 rings (SSSR count). The van der Waals surface area contributed by atoms with E-state index in [-0.39, 0.29) is 0 Å². The summed E-state index contributed by atoms with van der Waals surface area (Å²) in [6.45, 7) is 6.81. The fourth-order valence-corrected chi connectivity index (χ4v) is 3.60. The van der Waals surface area contributed by atoms with E-state index >= 15 is 0 Å². The van der Waals surface area contributed by atoms with E-state index in [0.717, 1.165) is 37.7 Å². The third kappa shape index (κ3) is 4.13. The molecule has 0 unspecified atom stereocenters. The second-order valence-corrected chi connectivity index (χ2v) is 7.04. The van der Waals surface area contributed by atoms with Gasteiger partial charge < -0.3 is 14.8 Å². The van der Waals surface area contributed by atoms with Crippen LogP contribution in [0.25, 0.3) is 11.0 Å². The van der Waals surface area contributed by atoms with Crippen molar-refractivity contribution in [3.8, 4) is 0 Å². The van der Waals surface area contributed by atoms with Gasteiger partial charge in [-0.1, -0.05) is 36.4 Å². The number of benzene rings is 2. The smallest absolute Gasteiger partial charge is 0.194 e. The van der Waals surface area contributed by atoms with Crippen molar-refractivity contribution in [3.05, 3.63) is 66.0 Å². The number of aromatic nitrogens is 2. The summed E-state index contributed by atoms with van der Waals surface area (Å²) in [7, 11) is 0. The molecule has 3 aromatic rings. The van der Waals surface area contributed by atoms with E-state index in [4.69, 9.17) is 4.99 Å². The molecule has 0 saturated carbocycles. The van der Waals surface area contributed by atoms with E-state index in [1.165, 1.54) is 29.5 Å². The average molecular weight is 361 g/mol. The van der Waals surface area contributed by atoms with Gasteiger partial charge >= 0.3 is 0 Å². The maximum Gasteiger partial charge on any atom is 0.194 e. The summed E-state index contributed by atoms with van der Waals surface area (Å²) >= 11 is 0. The van der Waals surface area contributed by atoms with E-state index in [2.05, 4.69) is 69.2 Å². The highest BCUT2D eigenvalue weighted by Crippen LogP contribution is 2.15. The number of para-hydroxylation sites is 2. The zero-order chi connectivity index (χ0) is 18.5. The molecular formula is C22H27N5. The lowest BCUT2D eigenvalue weighted by Crippen LogP contribution is -2.39. The van der Waals surface area contributed by atoms with Crippen molar-refractivity contribution in [1.29, 1.82) is 0 Å². The van der Waals surface area contributed by atoms with Crippen LogP contribution in [0.2, 0.25) is 0 Å². The summed E-state index contributed by atoms with van der Waals surface area (Å²) in [5.74, 6) is 1.05. The maximum atomic E-state index is 4.83. The molecule has 1 N–H and O–H groups in total. The number of hydrogen-bond acceptors (Lipinski definition) is 2. The number of nitrogens with zero attached hydrogens (tertiary/aromatic N) is 4. The Morgan fingerprint density at radius 2 is 1.78 bits per heavy atom. The summed E-state index contributed by atoms with van der Waals surface area (Å²) in [6.07, 6.45) is 4.45. The van der Waals surface area contributed by atoms with E-state index in [1.54, 1.807) is 0 Å². The monoisotopic (exact) mass is 361 g/mol. The Kier molecular flexibility index (Phi) is 5.37. The molecule has 1 saturated heterocycles. The normalized spacial score (nSPS) is 14.9. The minimum atomic E-state index is 0.715. The molecule has 0 amide bonds. The van der Waals surface area contributed by atoms with Crippen molar-refractivity contribution >= 4 is 17.0 Å². The van der Waals surface area contributed by atoms with Crippen LogP contribution in [0.1, 0.15) is 30.9 Å². The number of imidazole rings is 1. The predicted molar refractivity (Wildman–Crippen MR) is 111 cm³/mol. The lowest BCUT2D eigenvalue weighted by atomic mass is 10.1. The van der Waals surface area contributed by atoms with Crippen LogP contribution in [0.4, 0.5) is 0 Å². The van der Waals surface area contributed by atoms with Gasteiger partial charge in [-0.25, -0.2) is 9.98 Å². The van der Waals surface area contributed by atoms with E-state index in [9.17, 15) is 0 Å². The second kappa shape index (κ2) is 8.25. The van der Waals surface area contributed by atoms with Gasteiger partial charge in [0, 0.05) is 26.2 Å². The molecule has 0 radical (unpaired) electrons. The minimum Gasteiger partial charge on any atom is -0.357 e. The molecule has 140 valence electrons. The second-order valence-electron chi connectivity index (χ2n) is 7.04. The number of guanidine groups is 1. The Labute approximate surface area is 160 Å². The van der Waals surface area contributed by atoms with Crippen LogP contribution in [-0.2, 0) is 13.1 Å². The molecular weight excluding hydrogens is 334 g/mol. The van der Waals surface area contributed by atoms with Gasteiger partial charge in [0.05, 0.1) is 23.9 Å². The van der Waals surface area contributed by atoms with Crippen LogP contribution in [-0.4, -0.2) is 40.0 Å². The van der Waals surface area contributed by atoms with E-state index < -0.39 is 0 Å². The minimum absolute atomic E-state index is 0.715. The molecule has 2 aromatic carbocycles. The third-order valence-corrected chi connectivity index (χ3v) is 5.06. The molecule has 5 heteroatoms. The van der Waals surface area contributed by atoms with E-state index in [0.29, 0.717) is 6.54 Å². The standard InChI is InChI=1S/C22H27N5/c1-2-23-22(26-13-5-6-14-26)24-15-18-9-11-19(12-10-18)16-27-17-25-20-7-3-4-8-21(20)27/h3-4,7-12,17H,2,5-6,13-16H2,1H3,(H,23,24). The zero-order valence-corrected chi connectivity index (χ0v) is 15.9. The highest BCUT2D eigenvalue weighted by Gasteiger charge is 2.15. The van der Waals surface area contributed by atoms with Gasteiger partial charge in [0.1, 0.15) is 0 Å². The molecule has 0 spiro atoms. The molecule has 0 bridgehead atoms. The third-order valence-electron chi connectivity index (χ3n) is 5.06. The first-order chi connectivity index (χ1) is 13.3. The molecule has 2 heterocycles. The molecule has 0 aliphatic carbocycles. The average Bonchev–Trinajstić information content (AvgIpc) is 3.37. The van der Waals surface area contributed by atoms with Crippen molar-refractivity contribution in [2.75, 3.05) is 19.6 Å². The predicted octanol–water partition coefficient (Wildman–Crippen LogP) is 3.65. The number of nitrogens with one attached hydrogen (secondary N) is 1. The Morgan fingerprint density at radius 3 is 2.56 bits per heavy atom. The summed E-state index contributed by atoms with van der Waals surface area (Å²) in [5, 5.41) is 3.42. The first-order valence-corrected chi connectivity index (χ1v) is 9.84. The zero-order valence-electron chi connectivity index (χ0n) is 15.9. The van der Waals surface area contributed by atoms with E-state index in [1.807, 2.05) is 12.4 Å². The van der Waals surface area contributed by atoms with Gasteiger partial charge in [-0.05, 0) is 43.0 Å². The lowest BCUT2D eigenvalue weighted by Gasteiger charge is -2.20. The summed E-state index contributed by atoms with van der Waals surface area (Å²) < 4.78 is 2.19. The van der Waals surface area contributed by atoms with Crippen molar-refractivity contribution < 1.29 is 0 Å². The maximum absolute atomic E-state index is 4.83. The SMILES string of the molecule is CCNC(=NCc1ccc(Cn2cnc3ccccc32)cc1)N1CCCC1. The summed E-state index contributed by atoms with van der Waals surface area (Å²) in [4.78, 5) is 11.7. The van der Waals surface area contributed by atoms with Crippen LogP contribution in [0.3, 0.4) is 0 Å². The quantitative estimate of drug-likeness (QED) is 0.557. The Balaban J connectivity index is 1.43. The molecule has 5 nitrogen and oxygen atoms in total. The molecule has 1 aliphatic heterocycles. The van der Waals surface area contributed by atoms with Gasteiger partial charge in [0.25, 0.3) is 0 Å². The molecule has 1 fully saturated rings. The number of likely N-dealkylation sites (tertiary alicyclic amines) is 1. The van der Waals surface area contributed by atoms with Crippen molar-refractivity contribution in [2.24, 2.45) is 4.99 Å². The fourth-order valence-electron chi connectivity index (χ4n) is 3.60. The van der Waals surface area contributed by atoms with Gasteiger partial charge in [-0.3, -0.25) is 0 Å². The van der Waals surface area contributed by atoms with Crippen molar-refractivity contribution in [2.45, 2.75) is 32.9 Å². The van der Waals surface area contributed by atoms with Crippen LogP contribution in [0, 0.1) is 0 Å². The topological polar surface area (TPSA) is 45.5 Å². The Bertz CT molecular complexity index is 904. The first kappa shape index (κ1) is 17.6. The highest BCUT2D eigenvalue weighted by molar-refractivity contribution is 5.80. The van der Waals surface area contributed by atoms with Gasteiger partial charge in [0.15, 0.2) is 5.96 Å². The number of hydrogen-bond donors (Lipinski definition) is 1. The molecule has 0 atom stereocenters.